The summed E-state index contributed by atoms with van der Waals surface area (Å²) in [5.41, 5.74) is 2.53. The maximum Gasteiger partial charge on any atom is 0.337 e. The third-order valence-electron chi connectivity index (χ3n) is 13.6. The van der Waals surface area contributed by atoms with E-state index in [4.69, 9.17) is 52.0 Å². The summed E-state index contributed by atoms with van der Waals surface area (Å²) in [5.74, 6) is -0.465. The summed E-state index contributed by atoms with van der Waals surface area (Å²) >= 11 is 12.7. The Morgan fingerprint density at radius 1 is 0.486 bits per heavy atom. The summed E-state index contributed by atoms with van der Waals surface area (Å²) in [6.45, 7) is 2.00. The zero-order valence-electron chi connectivity index (χ0n) is 42.9. The molecule has 2 amide bonds. The van der Waals surface area contributed by atoms with Crippen LogP contribution in [0, 0.1) is 0 Å². The Labute approximate surface area is 446 Å². The topological polar surface area (TPSA) is 188 Å². The van der Waals surface area contributed by atoms with E-state index in [2.05, 4.69) is 15.4 Å². The number of nitrogens with one attached hydrogen (secondary N) is 2. The highest BCUT2D eigenvalue weighted by Gasteiger charge is 2.25. The van der Waals surface area contributed by atoms with Crippen LogP contribution in [-0.2, 0) is 14.2 Å². The minimum atomic E-state index is -0.451. The molecule has 0 unspecified atom stereocenters. The Morgan fingerprint density at radius 3 is 1.24 bits per heavy atom. The van der Waals surface area contributed by atoms with Crippen molar-refractivity contribution in [1.29, 1.82) is 0 Å². The van der Waals surface area contributed by atoms with Gasteiger partial charge in [0.15, 0.2) is 23.0 Å². The van der Waals surface area contributed by atoms with Crippen molar-refractivity contribution in [2.45, 2.75) is 166 Å². The molecule has 16 heteroatoms. The number of amides is 2. The molecule has 1 saturated heterocycles. The van der Waals surface area contributed by atoms with E-state index < -0.39 is 17.8 Å². The number of carbonyl (C=O) groups is 4. The molecule has 4 N–H and O–H groups in total. The molecule has 0 atom stereocenters. The van der Waals surface area contributed by atoms with Crippen molar-refractivity contribution in [3.8, 4) is 23.0 Å². The van der Waals surface area contributed by atoms with Crippen LogP contribution in [-0.4, -0.2) is 85.8 Å². The van der Waals surface area contributed by atoms with Gasteiger partial charge in [0.25, 0.3) is 11.8 Å². The number of ether oxygens (including phenoxy) is 6. The number of aliphatic hydroxyl groups excluding tert-OH is 1. The fourth-order valence-corrected chi connectivity index (χ4v) is 9.85. The number of carbonyl (C=O) groups excluding carboxylic acids is 4. The third-order valence-corrected chi connectivity index (χ3v) is 14.2. The molecule has 5 fully saturated rings. The third kappa shape index (κ3) is 18.7. The molecule has 4 aromatic carbocycles. The first kappa shape index (κ1) is 57.7. The summed E-state index contributed by atoms with van der Waals surface area (Å²) in [7, 11) is 2.63. The zero-order chi connectivity index (χ0) is 52.7. The van der Waals surface area contributed by atoms with Gasteiger partial charge in [0.05, 0.1) is 59.8 Å². The van der Waals surface area contributed by atoms with E-state index in [1.54, 1.807) is 60.7 Å². The molecule has 9 rings (SSSR count). The molecule has 402 valence electrons. The summed E-state index contributed by atoms with van der Waals surface area (Å²) in [6, 6.07) is 19.1. The predicted octanol–water partition coefficient (Wildman–Crippen LogP) is 13.7. The molecular weight excluding hydrogens is 988 g/mol. The molecule has 14 nitrogen and oxygen atoms in total. The standard InChI is InChI=1S/C27H32ClNO5.C21H22ClNO5.C6H12O.C4H8O/c1-32-27(31)18-12-14-20(15-13-18)29-26(30)19-16-23(28)25(34-22-10-6-3-7-11-22)24(17-19)33-21-8-4-2-5-9-21;1-27-21(26)13-7-9-15(10-8-13)23-20(25)14-11-17(22)19(24)18(12-14)28-16-5-3-2-4-6-16;7-6-4-2-1-3-5-6;1-2-4-5-3-1/h12-17,21-22H,2-11H2,1H3,(H,29,30);7-12,16,24H,2-6H2,1H3,(H,23,25);6-7H,1-5H2;1-4H2. The van der Waals surface area contributed by atoms with Crippen LogP contribution in [0.15, 0.2) is 72.8 Å². The van der Waals surface area contributed by atoms with Gasteiger partial charge in [-0.25, -0.2) is 9.59 Å². The van der Waals surface area contributed by atoms with Gasteiger partial charge in [0, 0.05) is 35.7 Å². The lowest BCUT2D eigenvalue weighted by molar-refractivity contribution is 0.0592. The number of methoxy groups -OCH3 is 2. The average Bonchev–Trinajstić information content (AvgIpc) is 4.03. The number of rotatable bonds is 12. The Bertz CT molecular complexity index is 2380. The fraction of sp³-hybridized carbons (Fsp3) is 0.517. The van der Waals surface area contributed by atoms with E-state index in [1.807, 2.05) is 0 Å². The second-order valence-corrected chi connectivity index (χ2v) is 20.2. The Hall–Kier alpha value is -5.54. The number of aliphatic hydroxyl groups is 1. The van der Waals surface area contributed by atoms with E-state index in [-0.39, 0.29) is 52.4 Å². The lowest BCUT2D eigenvalue weighted by Gasteiger charge is -2.28. The number of anilines is 2. The van der Waals surface area contributed by atoms with Gasteiger partial charge < -0.3 is 49.3 Å². The van der Waals surface area contributed by atoms with E-state index in [9.17, 15) is 24.3 Å². The zero-order valence-corrected chi connectivity index (χ0v) is 44.5. The number of phenols is 1. The molecule has 0 spiro atoms. The lowest BCUT2D eigenvalue weighted by Crippen LogP contribution is -2.23. The van der Waals surface area contributed by atoms with E-state index >= 15 is 0 Å². The van der Waals surface area contributed by atoms with E-state index in [0.717, 1.165) is 103 Å². The van der Waals surface area contributed by atoms with Gasteiger partial charge in [-0.1, -0.05) is 61.7 Å². The van der Waals surface area contributed by atoms with Crippen molar-refractivity contribution in [3.05, 3.63) is 105 Å². The first-order chi connectivity index (χ1) is 35.9. The Balaban J connectivity index is 0.000000198. The van der Waals surface area contributed by atoms with Gasteiger partial charge in [0.2, 0.25) is 0 Å². The Morgan fingerprint density at radius 2 is 0.865 bits per heavy atom. The molecule has 0 radical (unpaired) electrons. The van der Waals surface area contributed by atoms with Crippen molar-refractivity contribution in [1.82, 2.24) is 0 Å². The second kappa shape index (κ2) is 30.7. The van der Waals surface area contributed by atoms with Gasteiger partial charge in [0.1, 0.15) is 0 Å². The molecule has 4 aliphatic carbocycles. The number of halogens is 2. The van der Waals surface area contributed by atoms with Crippen LogP contribution in [0.25, 0.3) is 0 Å². The number of esters is 2. The fourth-order valence-electron chi connectivity index (χ4n) is 9.38. The first-order valence-corrected chi connectivity index (χ1v) is 27.3. The summed E-state index contributed by atoms with van der Waals surface area (Å²) in [6.07, 6.45) is 24.9. The monoisotopic (exact) mass is 1060 g/mol. The predicted molar refractivity (Wildman–Crippen MR) is 288 cm³/mol. The number of aromatic hydroxyl groups is 1. The molecule has 5 aliphatic rings. The van der Waals surface area contributed by atoms with Crippen LogP contribution in [0.3, 0.4) is 0 Å². The van der Waals surface area contributed by atoms with Crippen LogP contribution in [0.4, 0.5) is 11.4 Å². The minimum absolute atomic E-state index is 0.0138. The van der Waals surface area contributed by atoms with Crippen molar-refractivity contribution < 1.29 is 57.8 Å². The summed E-state index contributed by atoms with van der Waals surface area (Å²) in [4.78, 5) is 48.7. The summed E-state index contributed by atoms with van der Waals surface area (Å²) in [5, 5.41) is 25.1. The maximum atomic E-state index is 13.0. The second-order valence-electron chi connectivity index (χ2n) is 19.4. The van der Waals surface area contributed by atoms with Crippen molar-refractivity contribution in [3.63, 3.8) is 0 Å². The summed E-state index contributed by atoms with van der Waals surface area (Å²) < 4.78 is 32.9. The van der Waals surface area contributed by atoms with Crippen molar-refractivity contribution >= 4 is 58.3 Å². The average molecular weight is 1060 g/mol. The molecule has 4 aromatic rings. The quantitative estimate of drug-likeness (QED) is 0.0985. The number of phenolic OH excluding ortho intramolecular Hbond substituents is 1. The highest BCUT2D eigenvalue weighted by molar-refractivity contribution is 6.33. The SMILES string of the molecule is C1CCOC1.COC(=O)c1ccc(NC(=O)c2cc(Cl)c(O)c(OC3CCCCC3)c2)cc1.COC(=O)c1ccc(NC(=O)c2cc(Cl)c(OC3CCCCC3)c(OC3CCCCC3)c2)cc1.OC1CCCCC1. The van der Waals surface area contributed by atoms with Crippen molar-refractivity contribution in [2.75, 3.05) is 38.1 Å². The van der Waals surface area contributed by atoms with Gasteiger partial charge in [-0.15, -0.1) is 0 Å². The number of hydrogen-bond donors (Lipinski definition) is 4. The molecule has 0 bridgehead atoms. The van der Waals surface area contributed by atoms with Crippen LogP contribution >= 0.6 is 23.2 Å². The molecule has 74 heavy (non-hydrogen) atoms. The first-order valence-electron chi connectivity index (χ1n) is 26.5. The van der Waals surface area contributed by atoms with E-state index in [1.165, 1.54) is 77.7 Å². The van der Waals surface area contributed by atoms with Gasteiger partial charge >= 0.3 is 11.9 Å². The minimum Gasteiger partial charge on any atom is -0.503 e. The van der Waals surface area contributed by atoms with Crippen molar-refractivity contribution in [2.24, 2.45) is 0 Å². The molecule has 1 aliphatic heterocycles. The van der Waals surface area contributed by atoms with E-state index in [0.29, 0.717) is 44.6 Å². The van der Waals surface area contributed by atoms with Gasteiger partial charge in [-0.2, -0.15) is 0 Å². The number of hydrogen-bond acceptors (Lipinski definition) is 12. The normalized spacial score (nSPS) is 17.3. The molecular formula is C58H74Cl2N2O12. The smallest absolute Gasteiger partial charge is 0.337 e. The molecule has 4 saturated carbocycles. The van der Waals surface area contributed by atoms with Crippen LogP contribution in [0.5, 0.6) is 23.0 Å². The highest BCUT2D eigenvalue weighted by Crippen LogP contribution is 2.41. The van der Waals surface area contributed by atoms with Crippen LogP contribution in [0.1, 0.15) is 183 Å². The largest absolute Gasteiger partial charge is 0.503 e. The lowest BCUT2D eigenvalue weighted by atomic mass is 9.97. The van der Waals surface area contributed by atoms with Crippen LogP contribution < -0.4 is 24.8 Å². The van der Waals surface area contributed by atoms with Crippen LogP contribution in [0.2, 0.25) is 10.0 Å². The molecule has 1 heterocycles. The van der Waals surface area contributed by atoms with Gasteiger partial charge in [-0.3, -0.25) is 9.59 Å². The Kier molecular flexibility index (Phi) is 24.0. The maximum absolute atomic E-state index is 13.0. The number of benzene rings is 4. The highest BCUT2D eigenvalue weighted by atomic mass is 35.5. The molecule has 0 aromatic heterocycles. The van der Waals surface area contributed by atoms with Gasteiger partial charge in [-0.05, 0) is 176 Å².